The minimum atomic E-state index is 0.637. The Morgan fingerprint density at radius 3 is 3.28 bits per heavy atom. The van der Waals surface area contributed by atoms with Gasteiger partial charge < -0.3 is 9.88 Å². The molecule has 2 aromatic heterocycles. The van der Waals surface area contributed by atoms with Crippen LogP contribution in [0.4, 0.5) is 0 Å². The van der Waals surface area contributed by atoms with E-state index < -0.39 is 0 Å². The van der Waals surface area contributed by atoms with E-state index in [0.717, 1.165) is 26.1 Å². The molecule has 1 atom stereocenters. The van der Waals surface area contributed by atoms with Crippen molar-refractivity contribution >= 4 is 11.3 Å². The number of aromatic nitrogens is 2. The summed E-state index contributed by atoms with van der Waals surface area (Å²) < 4.78 is 2.32. The zero-order valence-corrected chi connectivity index (χ0v) is 11.5. The summed E-state index contributed by atoms with van der Waals surface area (Å²) in [7, 11) is 0. The second-order valence-electron chi connectivity index (χ2n) is 4.86. The maximum atomic E-state index is 4.34. The molecule has 1 aliphatic rings. The van der Waals surface area contributed by atoms with E-state index in [1.54, 1.807) is 0 Å². The number of aryl methyl sites for hydroxylation is 1. The third-order valence-electron chi connectivity index (χ3n) is 3.76. The van der Waals surface area contributed by atoms with Crippen LogP contribution in [0.1, 0.15) is 35.4 Å². The number of imidazole rings is 1. The maximum absolute atomic E-state index is 4.34. The van der Waals surface area contributed by atoms with Crippen molar-refractivity contribution in [2.24, 2.45) is 0 Å². The monoisotopic (exact) mass is 261 g/mol. The highest BCUT2D eigenvalue weighted by molar-refractivity contribution is 7.10. The second-order valence-corrected chi connectivity index (χ2v) is 5.86. The lowest BCUT2D eigenvalue weighted by atomic mass is 10.1. The van der Waals surface area contributed by atoms with Gasteiger partial charge in [0.1, 0.15) is 0 Å². The number of nitrogens with one attached hydrogen (secondary N) is 1. The lowest BCUT2D eigenvalue weighted by Gasteiger charge is -2.12. The van der Waals surface area contributed by atoms with Gasteiger partial charge in [-0.25, -0.2) is 4.98 Å². The molecule has 1 saturated heterocycles. The predicted molar refractivity (Wildman–Crippen MR) is 75.3 cm³/mol. The fourth-order valence-electron chi connectivity index (χ4n) is 2.69. The predicted octanol–water partition coefficient (Wildman–Crippen LogP) is 2.63. The Labute approximate surface area is 112 Å². The van der Waals surface area contributed by atoms with Gasteiger partial charge in [-0.1, -0.05) is 6.92 Å². The molecule has 96 valence electrons. The molecule has 1 N–H and O–H groups in total. The maximum Gasteiger partial charge on any atom is 0.0951 e. The highest BCUT2D eigenvalue weighted by Crippen LogP contribution is 2.25. The fraction of sp³-hybridized carbons (Fsp3) is 0.500. The van der Waals surface area contributed by atoms with Crippen LogP contribution < -0.4 is 5.32 Å². The lowest BCUT2D eigenvalue weighted by Crippen LogP contribution is -2.12. The molecule has 1 unspecified atom stereocenters. The summed E-state index contributed by atoms with van der Waals surface area (Å²) in [6.45, 7) is 5.43. The van der Waals surface area contributed by atoms with Crippen LogP contribution in [0.25, 0.3) is 0 Å². The molecule has 2 aromatic rings. The molecule has 0 saturated carbocycles. The van der Waals surface area contributed by atoms with Crippen molar-refractivity contribution in [2.45, 2.75) is 32.2 Å². The standard InChI is InChI=1S/C14H19N3S/c1-2-11-4-6-18-14(11)9-17-10-16-8-13(17)12-3-5-15-7-12/h4,6,8,10,12,15H,2-3,5,7,9H2,1H3. The molecule has 3 rings (SSSR count). The van der Waals surface area contributed by atoms with Gasteiger partial charge in [0.2, 0.25) is 0 Å². The Morgan fingerprint density at radius 1 is 1.56 bits per heavy atom. The molecule has 1 aliphatic heterocycles. The van der Waals surface area contributed by atoms with E-state index in [4.69, 9.17) is 0 Å². The summed E-state index contributed by atoms with van der Waals surface area (Å²) in [6, 6.07) is 2.24. The molecule has 0 aliphatic carbocycles. The van der Waals surface area contributed by atoms with Crippen molar-refractivity contribution in [3.63, 3.8) is 0 Å². The average Bonchev–Trinajstić information content (AvgIpc) is 3.09. The second kappa shape index (κ2) is 5.24. The van der Waals surface area contributed by atoms with Crippen molar-refractivity contribution in [1.82, 2.24) is 14.9 Å². The normalized spacial score (nSPS) is 19.5. The van der Waals surface area contributed by atoms with Crippen molar-refractivity contribution < 1.29 is 0 Å². The highest BCUT2D eigenvalue weighted by Gasteiger charge is 2.20. The summed E-state index contributed by atoms with van der Waals surface area (Å²) >= 11 is 1.86. The van der Waals surface area contributed by atoms with Crippen LogP contribution >= 0.6 is 11.3 Å². The lowest BCUT2D eigenvalue weighted by molar-refractivity contribution is 0.656. The molecular weight excluding hydrogens is 242 g/mol. The number of hydrogen-bond acceptors (Lipinski definition) is 3. The number of rotatable bonds is 4. The number of thiophene rings is 1. The molecule has 1 fully saturated rings. The van der Waals surface area contributed by atoms with Gasteiger partial charge in [0, 0.05) is 29.2 Å². The Bertz CT molecular complexity index is 509. The van der Waals surface area contributed by atoms with Gasteiger partial charge in [-0.2, -0.15) is 0 Å². The average molecular weight is 261 g/mol. The third-order valence-corrected chi connectivity index (χ3v) is 4.70. The Balaban J connectivity index is 1.82. The van der Waals surface area contributed by atoms with Crippen LogP contribution in [0.15, 0.2) is 24.0 Å². The first-order valence-corrected chi connectivity index (χ1v) is 7.52. The SMILES string of the molecule is CCc1ccsc1Cn1cncc1C1CCNC1. The van der Waals surface area contributed by atoms with Crippen molar-refractivity contribution in [3.05, 3.63) is 40.1 Å². The largest absolute Gasteiger partial charge is 0.329 e. The van der Waals surface area contributed by atoms with Gasteiger partial charge in [0.25, 0.3) is 0 Å². The van der Waals surface area contributed by atoms with Crippen molar-refractivity contribution in [3.8, 4) is 0 Å². The molecule has 0 bridgehead atoms. The van der Waals surface area contributed by atoms with E-state index in [1.807, 2.05) is 23.9 Å². The van der Waals surface area contributed by atoms with Crippen LogP contribution in [0, 0.1) is 0 Å². The van der Waals surface area contributed by atoms with Gasteiger partial charge in [-0.15, -0.1) is 11.3 Å². The smallest absolute Gasteiger partial charge is 0.0951 e. The molecule has 0 spiro atoms. The van der Waals surface area contributed by atoms with E-state index in [0.29, 0.717) is 5.92 Å². The first kappa shape index (κ1) is 11.9. The summed E-state index contributed by atoms with van der Waals surface area (Å²) in [5.74, 6) is 0.637. The van der Waals surface area contributed by atoms with E-state index in [1.165, 1.54) is 22.6 Å². The summed E-state index contributed by atoms with van der Waals surface area (Å²) in [4.78, 5) is 5.82. The molecule has 0 amide bonds. The minimum Gasteiger partial charge on any atom is -0.329 e. The van der Waals surface area contributed by atoms with Crippen LogP contribution in [0.2, 0.25) is 0 Å². The molecule has 3 heterocycles. The van der Waals surface area contributed by atoms with E-state index in [2.05, 4.69) is 33.2 Å². The fourth-order valence-corrected chi connectivity index (χ4v) is 3.66. The summed E-state index contributed by atoms with van der Waals surface area (Å²) in [5.41, 5.74) is 2.86. The van der Waals surface area contributed by atoms with Gasteiger partial charge in [0.15, 0.2) is 0 Å². The zero-order chi connectivity index (χ0) is 12.4. The first-order chi connectivity index (χ1) is 8.88. The van der Waals surface area contributed by atoms with Gasteiger partial charge in [-0.3, -0.25) is 0 Å². The van der Waals surface area contributed by atoms with Crippen LogP contribution in [0.5, 0.6) is 0 Å². The van der Waals surface area contributed by atoms with Crippen LogP contribution in [0.3, 0.4) is 0 Å². The van der Waals surface area contributed by atoms with Gasteiger partial charge >= 0.3 is 0 Å². The molecule has 0 radical (unpaired) electrons. The topological polar surface area (TPSA) is 29.9 Å². The number of hydrogen-bond donors (Lipinski definition) is 1. The van der Waals surface area contributed by atoms with E-state index in [-0.39, 0.29) is 0 Å². The van der Waals surface area contributed by atoms with Crippen molar-refractivity contribution in [2.75, 3.05) is 13.1 Å². The van der Waals surface area contributed by atoms with Crippen LogP contribution in [-0.4, -0.2) is 22.6 Å². The van der Waals surface area contributed by atoms with Crippen LogP contribution in [-0.2, 0) is 13.0 Å². The zero-order valence-electron chi connectivity index (χ0n) is 10.7. The molecule has 3 nitrogen and oxygen atoms in total. The minimum absolute atomic E-state index is 0.637. The summed E-state index contributed by atoms with van der Waals surface area (Å²) in [6.07, 6.45) is 6.37. The number of nitrogens with zero attached hydrogens (tertiary/aromatic N) is 2. The van der Waals surface area contributed by atoms with Gasteiger partial charge in [0.05, 0.1) is 12.9 Å². The molecule has 4 heteroatoms. The quantitative estimate of drug-likeness (QED) is 0.917. The Morgan fingerprint density at radius 2 is 2.50 bits per heavy atom. The Hall–Kier alpha value is -1.13. The molecular formula is C14H19N3S. The molecule has 18 heavy (non-hydrogen) atoms. The van der Waals surface area contributed by atoms with Crippen molar-refractivity contribution in [1.29, 1.82) is 0 Å². The van der Waals surface area contributed by atoms with E-state index in [9.17, 15) is 0 Å². The van der Waals surface area contributed by atoms with Gasteiger partial charge in [-0.05, 0) is 36.4 Å². The highest BCUT2D eigenvalue weighted by atomic mass is 32.1. The third kappa shape index (κ3) is 2.22. The first-order valence-electron chi connectivity index (χ1n) is 6.64. The molecule has 0 aromatic carbocycles. The Kier molecular flexibility index (Phi) is 3.48. The van der Waals surface area contributed by atoms with E-state index >= 15 is 0 Å². The summed E-state index contributed by atoms with van der Waals surface area (Å²) in [5, 5.41) is 5.63.